The summed E-state index contributed by atoms with van der Waals surface area (Å²) in [4.78, 5) is 0. The maximum Gasteiger partial charge on any atom is 0.151 e. The van der Waals surface area contributed by atoms with Gasteiger partial charge in [-0.1, -0.05) is 33.8 Å². The van der Waals surface area contributed by atoms with Gasteiger partial charge in [-0.25, -0.2) is 0 Å². The number of aliphatic hydroxyl groups is 2. The van der Waals surface area contributed by atoms with Crippen molar-refractivity contribution in [1.82, 2.24) is 0 Å². The molecule has 1 aliphatic carbocycles. The van der Waals surface area contributed by atoms with E-state index in [1.807, 2.05) is 18.2 Å². The molecule has 0 aliphatic heterocycles. The fraction of sp³-hybridized carbons (Fsp3) is 0.385. The van der Waals surface area contributed by atoms with E-state index in [2.05, 4.69) is 27.8 Å². The number of hydrogen-bond donors (Lipinski definition) is 2. The molecule has 0 unspecified atom stereocenters. The molecule has 3 heteroatoms. The molecule has 2 N–H and O–H groups in total. The van der Waals surface area contributed by atoms with Gasteiger partial charge >= 0.3 is 0 Å². The van der Waals surface area contributed by atoms with Crippen LogP contribution in [0.5, 0.6) is 0 Å². The molecular formula is C13H13BrO2. The maximum atomic E-state index is 10.5. The third kappa shape index (κ3) is 2.15. The van der Waals surface area contributed by atoms with E-state index in [-0.39, 0.29) is 6.61 Å². The molecule has 0 radical (unpaired) electrons. The van der Waals surface area contributed by atoms with Crippen LogP contribution in [0.15, 0.2) is 22.7 Å². The first-order valence-electron chi connectivity index (χ1n) is 5.28. The maximum absolute atomic E-state index is 10.5. The molecule has 0 saturated heterocycles. The van der Waals surface area contributed by atoms with Crippen LogP contribution >= 0.6 is 15.9 Å². The van der Waals surface area contributed by atoms with Gasteiger partial charge < -0.3 is 10.2 Å². The quantitative estimate of drug-likeness (QED) is 0.714. The van der Waals surface area contributed by atoms with Crippen LogP contribution in [0, 0.1) is 11.8 Å². The lowest BCUT2D eigenvalue weighted by atomic mass is 9.79. The topological polar surface area (TPSA) is 40.5 Å². The highest BCUT2D eigenvalue weighted by molar-refractivity contribution is 9.10. The van der Waals surface area contributed by atoms with Crippen molar-refractivity contribution in [2.75, 3.05) is 6.61 Å². The van der Waals surface area contributed by atoms with E-state index < -0.39 is 5.60 Å². The second-order valence-corrected chi connectivity index (χ2v) is 4.89. The van der Waals surface area contributed by atoms with Crippen LogP contribution in [0.25, 0.3) is 0 Å². The smallest absolute Gasteiger partial charge is 0.151 e. The monoisotopic (exact) mass is 280 g/mol. The highest BCUT2D eigenvalue weighted by Crippen LogP contribution is 2.36. The Labute approximate surface area is 103 Å². The standard InChI is InChI=1S/C13H13BrO2/c14-11-5-4-10-3-1-6-13(16,7-2-8-15)12(10)9-11/h4-5,9,15-16H,1,3,6,8H2/t13-/m0/s1. The lowest BCUT2D eigenvalue weighted by molar-refractivity contribution is 0.0801. The number of aryl methyl sites for hydroxylation is 1. The Hall–Kier alpha value is -0.820. The van der Waals surface area contributed by atoms with Gasteiger partial charge in [0.2, 0.25) is 0 Å². The lowest BCUT2D eigenvalue weighted by Gasteiger charge is -2.30. The number of benzene rings is 1. The molecule has 0 bridgehead atoms. The van der Waals surface area contributed by atoms with Crippen LogP contribution in [0.2, 0.25) is 0 Å². The predicted octanol–water partition coefficient (Wildman–Crippen LogP) is 1.97. The van der Waals surface area contributed by atoms with Gasteiger partial charge in [-0.3, -0.25) is 0 Å². The highest BCUT2D eigenvalue weighted by Gasteiger charge is 2.32. The minimum Gasteiger partial charge on any atom is -0.384 e. The number of hydrogen-bond acceptors (Lipinski definition) is 2. The molecule has 2 rings (SSSR count). The summed E-state index contributed by atoms with van der Waals surface area (Å²) >= 11 is 3.40. The largest absolute Gasteiger partial charge is 0.384 e. The normalized spacial score (nSPS) is 23.2. The average molecular weight is 281 g/mol. The molecule has 1 aliphatic rings. The Morgan fingerprint density at radius 2 is 2.25 bits per heavy atom. The van der Waals surface area contributed by atoms with Gasteiger partial charge in [-0.15, -0.1) is 0 Å². The van der Waals surface area contributed by atoms with Crippen molar-refractivity contribution in [3.05, 3.63) is 33.8 Å². The van der Waals surface area contributed by atoms with Gasteiger partial charge in [-0.2, -0.15) is 0 Å². The molecule has 0 spiro atoms. The highest BCUT2D eigenvalue weighted by atomic mass is 79.9. The molecule has 0 saturated carbocycles. The summed E-state index contributed by atoms with van der Waals surface area (Å²) in [6.45, 7) is -0.217. The van der Waals surface area contributed by atoms with Crippen molar-refractivity contribution in [2.24, 2.45) is 0 Å². The first-order valence-corrected chi connectivity index (χ1v) is 6.07. The number of fused-ring (bicyclic) bond motifs is 1. The van der Waals surface area contributed by atoms with E-state index >= 15 is 0 Å². The van der Waals surface area contributed by atoms with Gasteiger partial charge in [0.05, 0.1) is 0 Å². The van der Waals surface area contributed by atoms with E-state index in [1.165, 1.54) is 0 Å². The van der Waals surface area contributed by atoms with Gasteiger partial charge in [0, 0.05) is 10.0 Å². The first-order chi connectivity index (χ1) is 7.65. The fourth-order valence-electron chi connectivity index (χ4n) is 2.14. The van der Waals surface area contributed by atoms with E-state index in [4.69, 9.17) is 5.11 Å². The van der Waals surface area contributed by atoms with E-state index in [9.17, 15) is 5.11 Å². The zero-order chi connectivity index (χ0) is 11.6. The van der Waals surface area contributed by atoms with Crippen LogP contribution in [0.1, 0.15) is 24.0 Å². The molecule has 1 atom stereocenters. The summed E-state index contributed by atoms with van der Waals surface area (Å²) in [6, 6.07) is 5.91. The molecule has 2 nitrogen and oxygen atoms in total. The summed E-state index contributed by atoms with van der Waals surface area (Å²) in [6.07, 6.45) is 2.53. The molecule has 1 aromatic carbocycles. The average Bonchev–Trinajstić information content (AvgIpc) is 2.28. The van der Waals surface area contributed by atoms with Crippen molar-refractivity contribution in [3.8, 4) is 11.8 Å². The van der Waals surface area contributed by atoms with Gasteiger partial charge in [0.1, 0.15) is 6.61 Å². The summed E-state index contributed by atoms with van der Waals surface area (Å²) in [5, 5.41) is 19.2. The number of aliphatic hydroxyl groups excluding tert-OH is 1. The Morgan fingerprint density at radius 1 is 1.44 bits per heavy atom. The molecular weight excluding hydrogens is 268 g/mol. The third-order valence-corrected chi connectivity index (χ3v) is 3.37. The second-order valence-electron chi connectivity index (χ2n) is 3.98. The molecule has 16 heavy (non-hydrogen) atoms. The van der Waals surface area contributed by atoms with Crippen LogP contribution in [-0.2, 0) is 12.0 Å². The minimum atomic E-state index is -1.10. The van der Waals surface area contributed by atoms with E-state index in [0.717, 1.165) is 28.4 Å². The van der Waals surface area contributed by atoms with E-state index in [0.29, 0.717) is 6.42 Å². The molecule has 0 heterocycles. The number of rotatable bonds is 0. The first kappa shape index (κ1) is 11.7. The molecule has 0 aromatic heterocycles. The van der Waals surface area contributed by atoms with Gasteiger partial charge in [-0.05, 0) is 37.0 Å². The predicted molar refractivity (Wildman–Crippen MR) is 65.8 cm³/mol. The Balaban J connectivity index is 2.49. The van der Waals surface area contributed by atoms with Crippen LogP contribution in [0.3, 0.4) is 0 Å². The zero-order valence-electron chi connectivity index (χ0n) is 8.83. The van der Waals surface area contributed by atoms with Crippen molar-refractivity contribution in [1.29, 1.82) is 0 Å². The van der Waals surface area contributed by atoms with Crippen LogP contribution < -0.4 is 0 Å². The van der Waals surface area contributed by atoms with Crippen molar-refractivity contribution in [3.63, 3.8) is 0 Å². The fourth-order valence-corrected chi connectivity index (χ4v) is 2.50. The Kier molecular flexibility index (Phi) is 3.34. The lowest BCUT2D eigenvalue weighted by Crippen LogP contribution is -2.29. The molecule has 1 aromatic rings. The molecule has 84 valence electrons. The van der Waals surface area contributed by atoms with Gasteiger partial charge in [0.15, 0.2) is 5.60 Å². The minimum absolute atomic E-state index is 0.217. The summed E-state index contributed by atoms with van der Waals surface area (Å²) < 4.78 is 0.942. The summed E-state index contributed by atoms with van der Waals surface area (Å²) in [5.74, 6) is 5.32. The zero-order valence-corrected chi connectivity index (χ0v) is 10.4. The van der Waals surface area contributed by atoms with Gasteiger partial charge in [0.25, 0.3) is 0 Å². The second kappa shape index (κ2) is 4.58. The summed E-state index contributed by atoms with van der Waals surface area (Å²) in [7, 11) is 0. The number of halogens is 1. The molecule has 0 amide bonds. The Morgan fingerprint density at radius 3 is 3.00 bits per heavy atom. The molecule has 0 fully saturated rings. The SMILES string of the molecule is OCC#C[C@@]1(O)CCCc2ccc(Br)cc21. The van der Waals surface area contributed by atoms with E-state index in [1.54, 1.807) is 0 Å². The van der Waals surface area contributed by atoms with Crippen molar-refractivity contribution in [2.45, 2.75) is 24.9 Å². The van der Waals surface area contributed by atoms with Crippen LogP contribution in [-0.4, -0.2) is 16.8 Å². The third-order valence-electron chi connectivity index (χ3n) is 2.88. The Bertz CT molecular complexity index is 459. The van der Waals surface area contributed by atoms with Crippen molar-refractivity contribution < 1.29 is 10.2 Å². The summed E-state index contributed by atoms with van der Waals surface area (Å²) in [5.41, 5.74) is 0.915. The van der Waals surface area contributed by atoms with Crippen LogP contribution in [0.4, 0.5) is 0 Å². The van der Waals surface area contributed by atoms with Crippen molar-refractivity contribution >= 4 is 15.9 Å².